The fraction of sp³-hybridized carbons (Fsp3) is 0.235. The standard InChI is InChI=1S/C17H19N3/c1-2-20-12-13(11-19-20)9-17(18)16-8-7-14-5-3-4-6-15(14)10-16/h3-8,10-12,17H,2,9,18H2,1H3. The van der Waals surface area contributed by atoms with Gasteiger partial charge in [-0.15, -0.1) is 0 Å². The number of aromatic nitrogens is 2. The Bertz CT molecular complexity index is 715. The van der Waals surface area contributed by atoms with E-state index in [4.69, 9.17) is 5.73 Å². The van der Waals surface area contributed by atoms with Gasteiger partial charge in [0.2, 0.25) is 0 Å². The van der Waals surface area contributed by atoms with Crippen LogP contribution in [0.4, 0.5) is 0 Å². The Hall–Kier alpha value is -2.13. The highest BCUT2D eigenvalue weighted by atomic mass is 15.3. The first-order valence-electron chi connectivity index (χ1n) is 7.02. The van der Waals surface area contributed by atoms with Crippen LogP contribution in [0.15, 0.2) is 54.9 Å². The zero-order chi connectivity index (χ0) is 13.9. The van der Waals surface area contributed by atoms with Crippen molar-refractivity contribution in [2.45, 2.75) is 25.9 Å². The molecule has 0 radical (unpaired) electrons. The lowest BCUT2D eigenvalue weighted by atomic mass is 9.98. The zero-order valence-corrected chi connectivity index (χ0v) is 11.7. The van der Waals surface area contributed by atoms with Crippen molar-refractivity contribution in [3.05, 3.63) is 66.0 Å². The molecular formula is C17H19N3. The van der Waals surface area contributed by atoms with Gasteiger partial charge in [0, 0.05) is 18.8 Å². The van der Waals surface area contributed by atoms with Crippen molar-refractivity contribution in [1.29, 1.82) is 0 Å². The van der Waals surface area contributed by atoms with Gasteiger partial charge in [-0.3, -0.25) is 4.68 Å². The molecule has 0 saturated heterocycles. The van der Waals surface area contributed by atoms with Crippen molar-refractivity contribution in [3.63, 3.8) is 0 Å². The van der Waals surface area contributed by atoms with Crippen LogP contribution in [0.3, 0.4) is 0 Å². The van der Waals surface area contributed by atoms with Crippen molar-refractivity contribution in [2.24, 2.45) is 5.73 Å². The van der Waals surface area contributed by atoms with Crippen LogP contribution >= 0.6 is 0 Å². The van der Waals surface area contributed by atoms with Crippen molar-refractivity contribution < 1.29 is 0 Å². The molecule has 0 spiro atoms. The first-order chi connectivity index (χ1) is 9.76. The van der Waals surface area contributed by atoms with Crippen LogP contribution in [0.25, 0.3) is 10.8 Å². The van der Waals surface area contributed by atoms with Gasteiger partial charge in [0.25, 0.3) is 0 Å². The van der Waals surface area contributed by atoms with E-state index >= 15 is 0 Å². The molecule has 0 amide bonds. The second-order valence-electron chi connectivity index (χ2n) is 5.12. The van der Waals surface area contributed by atoms with Crippen LogP contribution in [-0.4, -0.2) is 9.78 Å². The smallest absolute Gasteiger partial charge is 0.0522 e. The molecule has 0 fully saturated rings. The van der Waals surface area contributed by atoms with E-state index in [-0.39, 0.29) is 6.04 Å². The summed E-state index contributed by atoms with van der Waals surface area (Å²) in [6.07, 6.45) is 4.80. The lowest BCUT2D eigenvalue weighted by Crippen LogP contribution is -2.13. The monoisotopic (exact) mass is 265 g/mol. The predicted molar refractivity (Wildman–Crippen MR) is 82.5 cm³/mol. The third-order valence-corrected chi connectivity index (χ3v) is 3.67. The number of hydrogen-bond acceptors (Lipinski definition) is 2. The molecule has 0 bridgehead atoms. The Balaban J connectivity index is 1.82. The number of benzene rings is 2. The molecule has 1 aromatic heterocycles. The Labute approximate surface area is 119 Å². The molecule has 102 valence electrons. The van der Waals surface area contributed by atoms with Crippen LogP contribution in [0, 0.1) is 0 Å². The largest absolute Gasteiger partial charge is 0.324 e. The zero-order valence-electron chi connectivity index (χ0n) is 11.7. The van der Waals surface area contributed by atoms with E-state index in [2.05, 4.69) is 60.7 Å². The third kappa shape index (κ3) is 2.58. The number of nitrogens with two attached hydrogens (primary N) is 1. The minimum absolute atomic E-state index is 0.00844. The highest BCUT2D eigenvalue weighted by Crippen LogP contribution is 2.21. The third-order valence-electron chi connectivity index (χ3n) is 3.67. The molecule has 0 aliphatic heterocycles. The molecule has 3 heteroatoms. The molecule has 0 saturated carbocycles. The second-order valence-corrected chi connectivity index (χ2v) is 5.12. The molecule has 1 heterocycles. The maximum atomic E-state index is 6.33. The summed E-state index contributed by atoms with van der Waals surface area (Å²) in [4.78, 5) is 0. The number of rotatable bonds is 4. The first kappa shape index (κ1) is 12.9. The second kappa shape index (κ2) is 5.47. The van der Waals surface area contributed by atoms with Gasteiger partial charge >= 0.3 is 0 Å². The lowest BCUT2D eigenvalue weighted by Gasteiger charge is -2.12. The topological polar surface area (TPSA) is 43.8 Å². The summed E-state index contributed by atoms with van der Waals surface area (Å²) in [5, 5.41) is 6.78. The molecule has 2 N–H and O–H groups in total. The number of nitrogens with zero attached hydrogens (tertiary/aromatic N) is 2. The van der Waals surface area contributed by atoms with E-state index in [1.807, 2.05) is 10.9 Å². The van der Waals surface area contributed by atoms with Crippen LogP contribution < -0.4 is 5.73 Å². The van der Waals surface area contributed by atoms with Crippen molar-refractivity contribution in [3.8, 4) is 0 Å². The summed E-state index contributed by atoms with van der Waals surface area (Å²) in [5.74, 6) is 0. The Morgan fingerprint density at radius 3 is 2.70 bits per heavy atom. The summed E-state index contributed by atoms with van der Waals surface area (Å²) >= 11 is 0. The summed E-state index contributed by atoms with van der Waals surface area (Å²) < 4.78 is 1.93. The van der Waals surface area contributed by atoms with E-state index in [1.165, 1.54) is 21.9 Å². The highest BCUT2D eigenvalue weighted by Gasteiger charge is 2.09. The SMILES string of the molecule is CCn1cc(CC(N)c2ccc3ccccc3c2)cn1. The van der Waals surface area contributed by atoms with Gasteiger partial charge in [0.05, 0.1) is 6.20 Å². The van der Waals surface area contributed by atoms with E-state index in [0.29, 0.717) is 0 Å². The molecule has 2 aromatic carbocycles. The lowest BCUT2D eigenvalue weighted by molar-refractivity contribution is 0.657. The van der Waals surface area contributed by atoms with Crippen LogP contribution in [0.5, 0.6) is 0 Å². The number of hydrogen-bond donors (Lipinski definition) is 1. The molecule has 1 unspecified atom stereocenters. The maximum absolute atomic E-state index is 6.33. The van der Waals surface area contributed by atoms with E-state index < -0.39 is 0 Å². The Kier molecular flexibility index (Phi) is 3.52. The van der Waals surface area contributed by atoms with Crippen molar-refractivity contribution in [1.82, 2.24) is 9.78 Å². The average Bonchev–Trinajstić information content (AvgIpc) is 2.94. The van der Waals surface area contributed by atoms with Gasteiger partial charge in [-0.1, -0.05) is 36.4 Å². The molecular weight excluding hydrogens is 246 g/mol. The van der Waals surface area contributed by atoms with Crippen molar-refractivity contribution >= 4 is 10.8 Å². The molecule has 3 rings (SSSR count). The number of aryl methyl sites for hydroxylation is 1. The first-order valence-corrected chi connectivity index (χ1v) is 7.02. The van der Waals surface area contributed by atoms with Crippen LogP contribution in [-0.2, 0) is 13.0 Å². The normalized spacial score (nSPS) is 12.7. The molecule has 0 aliphatic carbocycles. The minimum atomic E-state index is 0.00844. The minimum Gasteiger partial charge on any atom is -0.324 e. The quantitative estimate of drug-likeness (QED) is 0.786. The van der Waals surface area contributed by atoms with E-state index in [1.54, 1.807) is 0 Å². The summed E-state index contributed by atoms with van der Waals surface area (Å²) in [7, 11) is 0. The molecule has 1 atom stereocenters. The Morgan fingerprint density at radius 2 is 1.95 bits per heavy atom. The molecule has 3 nitrogen and oxygen atoms in total. The van der Waals surface area contributed by atoms with Crippen LogP contribution in [0.1, 0.15) is 24.1 Å². The summed E-state index contributed by atoms with van der Waals surface area (Å²) in [6, 6.07) is 14.8. The highest BCUT2D eigenvalue weighted by molar-refractivity contribution is 5.83. The van der Waals surface area contributed by atoms with Gasteiger partial charge in [-0.2, -0.15) is 5.10 Å². The predicted octanol–water partition coefficient (Wildman–Crippen LogP) is 3.30. The van der Waals surface area contributed by atoms with E-state index in [9.17, 15) is 0 Å². The van der Waals surface area contributed by atoms with E-state index in [0.717, 1.165) is 13.0 Å². The van der Waals surface area contributed by atoms with Gasteiger partial charge < -0.3 is 5.73 Å². The van der Waals surface area contributed by atoms with Gasteiger partial charge in [0.1, 0.15) is 0 Å². The van der Waals surface area contributed by atoms with Crippen LogP contribution in [0.2, 0.25) is 0 Å². The van der Waals surface area contributed by atoms with Crippen molar-refractivity contribution in [2.75, 3.05) is 0 Å². The number of fused-ring (bicyclic) bond motifs is 1. The molecule has 20 heavy (non-hydrogen) atoms. The van der Waals surface area contributed by atoms with Gasteiger partial charge in [0.15, 0.2) is 0 Å². The maximum Gasteiger partial charge on any atom is 0.0522 e. The van der Waals surface area contributed by atoms with Gasteiger partial charge in [-0.25, -0.2) is 0 Å². The molecule has 3 aromatic rings. The Morgan fingerprint density at radius 1 is 1.15 bits per heavy atom. The summed E-state index contributed by atoms with van der Waals surface area (Å²) in [6.45, 7) is 2.98. The fourth-order valence-corrected chi connectivity index (χ4v) is 2.49. The summed E-state index contributed by atoms with van der Waals surface area (Å²) in [5.41, 5.74) is 8.69. The fourth-order valence-electron chi connectivity index (χ4n) is 2.49. The average molecular weight is 265 g/mol. The molecule has 0 aliphatic rings. The van der Waals surface area contributed by atoms with Gasteiger partial charge in [-0.05, 0) is 41.3 Å².